The fraction of sp³-hybridized carbons (Fsp3) is 0.632. The van der Waals surface area contributed by atoms with Gasteiger partial charge >= 0.3 is 0 Å². The van der Waals surface area contributed by atoms with E-state index < -0.39 is 0 Å². The third-order valence-corrected chi connectivity index (χ3v) is 4.36. The molecule has 0 spiro atoms. The molecule has 1 aromatic carbocycles. The number of benzene rings is 1. The molecule has 1 saturated heterocycles. The molecule has 0 atom stereocenters. The molecule has 0 amide bonds. The summed E-state index contributed by atoms with van der Waals surface area (Å²) in [5, 5.41) is 6.75. The van der Waals surface area contributed by atoms with Crippen LogP contribution in [0.2, 0.25) is 0 Å². The summed E-state index contributed by atoms with van der Waals surface area (Å²) in [6.45, 7) is 8.19. The molecule has 1 heterocycles. The van der Waals surface area contributed by atoms with Gasteiger partial charge in [-0.15, -0.1) is 24.0 Å². The van der Waals surface area contributed by atoms with Gasteiger partial charge in [0.2, 0.25) is 0 Å². The van der Waals surface area contributed by atoms with Crippen LogP contribution in [0, 0.1) is 0 Å². The van der Waals surface area contributed by atoms with Gasteiger partial charge in [-0.3, -0.25) is 4.99 Å². The monoisotopic (exact) mass is 460 g/mol. The molecule has 0 bridgehead atoms. The first-order valence-electron chi connectivity index (χ1n) is 9.20. The van der Waals surface area contributed by atoms with Crippen molar-refractivity contribution in [3.63, 3.8) is 0 Å². The third-order valence-electron chi connectivity index (χ3n) is 4.36. The van der Waals surface area contributed by atoms with Crippen LogP contribution in [0.3, 0.4) is 0 Å². The molecular formula is C19H33IN4O. The van der Waals surface area contributed by atoms with E-state index in [0.717, 1.165) is 44.3 Å². The summed E-state index contributed by atoms with van der Waals surface area (Å²) in [6.07, 6.45) is 4.97. The molecule has 1 aliphatic heterocycles. The number of guanidine groups is 1. The van der Waals surface area contributed by atoms with E-state index >= 15 is 0 Å². The normalized spacial score (nSPS) is 15.4. The molecule has 142 valence electrons. The first kappa shape index (κ1) is 22.0. The van der Waals surface area contributed by atoms with Crippen LogP contribution >= 0.6 is 24.0 Å². The van der Waals surface area contributed by atoms with E-state index in [2.05, 4.69) is 34.6 Å². The van der Waals surface area contributed by atoms with Gasteiger partial charge in [0.15, 0.2) is 5.96 Å². The van der Waals surface area contributed by atoms with Crippen molar-refractivity contribution in [1.82, 2.24) is 15.5 Å². The Labute approximate surface area is 169 Å². The number of halogens is 1. The number of methoxy groups -OCH3 is 1. The minimum absolute atomic E-state index is 0. The highest BCUT2D eigenvalue weighted by molar-refractivity contribution is 14.0. The molecule has 0 unspecified atom stereocenters. The zero-order valence-electron chi connectivity index (χ0n) is 15.6. The van der Waals surface area contributed by atoms with Gasteiger partial charge in [0, 0.05) is 19.6 Å². The predicted molar refractivity (Wildman–Crippen MR) is 116 cm³/mol. The highest BCUT2D eigenvalue weighted by Gasteiger charge is 2.09. The molecule has 6 heteroatoms. The second-order valence-electron chi connectivity index (χ2n) is 6.15. The molecule has 0 radical (unpaired) electrons. The van der Waals surface area contributed by atoms with Crippen molar-refractivity contribution in [3.05, 3.63) is 29.8 Å². The van der Waals surface area contributed by atoms with E-state index in [1.54, 1.807) is 7.11 Å². The minimum Gasteiger partial charge on any atom is -0.496 e. The summed E-state index contributed by atoms with van der Waals surface area (Å²) in [4.78, 5) is 7.22. The van der Waals surface area contributed by atoms with E-state index in [1.165, 1.54) is 37.9 Å². The van der Waals surface area contributed by atoms with Gasteiger partial charge in [-0.1, -0.05) is 24.6 Å². The zero-order valence-corrected chi connectivity index (χ0v) is 17.9. The zero-order chi connectivity index (χ0) is 17.0. The van der Waals surface area contributed by atoms with Crippen molar-refractivity contribution in [1.29, 1.82) is 0 Å². The van der Waals surface area contributed by atoms with Crippen LogP contribution in [0.1, 0.15) is 31.7 Å². The lowest BCUT2D eigenvalue weighted by atomic mass is 10.1. The van der Waals surface area contributed by atoms with Crippen molar-refractivity contribution in [2.24, 2.45) is 4.99 Å². The van der Waals surface area contributed by atoms with Gasteiger partial charge in [0.05, 0.1) is 13.7 Å². The molecule has 0 saturated carbocycles. The molecule has 1 fully saturated rings. The number of para-hydroxylation sites is 1. The average molecular weight is 460 g/mol. The van der Waals surface area contributed by atoms with Crippen LogP contribution in [-0.4, -0.2) is 57.2 Å². The summed E-state index contributed by atoms with van der Waals surface area (Å²) in [5.41, 5.74) is 1.22. The number of ether oxygens (including phenoxy) is 1. The maximum atomic E-state index is 5.40. The topological polar surface area (TPSA) is 48.9 Å². The summed E-state index contributed by atoms with van der Waals surface area (Å²) in [6, 6.07) is 8.17. The molecule has 25 heavy (non-hydrogen) atoms. The van der Waals surface area contributed by atoms with Crippen LogP contribution in [0.25, 0.3) is 0 Å². The Morgan fingerprint density at radius 1 is 1.16 bits per heavy atom. The number of hydrogen-bond donors (Lipinski definition) is 2. The quantitative estimate of drug-likeness (QED) is 0.356. The molecule has 1 aromatic rings. The number of nitrogens with one attached hydrogen (secondary N) is 2. The van der Waals surface area contributed by atoms with Crippen molar-refractivity contribution in [3.8, 4) is 5.75 Å². The molecule has 5 nitrogen and oxygen atoms in total. The second kappa shape index (κ2) is 13.2. The van der Waals surface area contributed by atoms with Gasteiger partial charge < -0.3 is 20.3 Å². The standard InChI is InChI=1S/C19H32N4O.HI/c1-3-20-19(22-13-16-23-14-7-4-8-15-23)21-12-11-17-9-5-6-10-18(17)24-2;/h5-6,9-10H,3-4,7-8,11-16H2,1-2H3,(H2,20,21,22);1H. The van der Waals surface area contributed by atoms with Crippen LogP contribution in [-0.2, 0) is 6.42 Å². The van der Waals surface area contributed by atoms with Crippen LogP contribution < -0.4 is 15.4 Å². The van der Waals surface area contributed by atoms with E-state index in [-0.39, 0.29) is 24.0 Å². The fourth-order valence-electron chi connectivity index (χ4n) is 3.05. The maximum absolute atomic E-state index is 5.40. The van der Waals surface area contributed by atoms with Crippen molar-refractivity contribution in [2.75, 3.05) is 46.4 Å². The number of hydrogen-bond acceptors (Lipinski definition) is 3. The number of likely N-dealkylation sites (tertiary alicyclic amines) is 1. The Kier molecular flexibility index (Phi) is 11.6. The van der Waals surface area contributed by atoms with Gasteiger partial charge in [-0.05, 0) is 50.9 Å². The first-order chi connectivity index (χ1) is 11.8. The predicted octanol–water partition coefficient (Wildman–Crippen LogP) is 2.90. The molecule has 0 aromatic heterocycles. The van der Waals surface area contributed by atoms with Crippen molar-refractivity contribution >= 4 is 29.9 Å². The Balaban J connectivity index is 0.00000312. The van der Waals surface area contributed by atoms with E-state index in [1.807, 2.05) is 12.1 Å². The lowest BCUT2D eigenvalue weighted by molar-refractivity contribution is 0.235. The van der Waals surface area contributed by atoms with E-state index in [4.69, 9.17) is 9.73 Å². The lowest BCUT2D eigenvalue weighted by Crippen LogP contribution is -2.39. The number of nitrogens with zero attached hydrogens (tertiary/aromatic N) is 2. The Bertz CT molecular complexity index is 504. The van der Waals surface area contributed by atoms with Crippen molar-refractivity contribution in [2.45, 2.75) is 32.6 Å². The van der Waals surface area contributed by atoms with Crippen LogP contribution in [0.15, 0.2) is 29.3 Å². The number of rotatable bonds is 8. The third kappa shape index (κ3) is 8.27. The molecule has 2 N–H and O–H groups in total. The largest absolute Gasteiger partial charge is 0.496 e. The molecule has 1 aliphatic rings. The maximum Gasteiger partial charge on any atom is 0.191 e. The lowest BCUT2D eigenvalue weighted by Gasteiger charge is -2.25. The van der Waals surface area contributed by atoms with Gasteiger partial charge in [-0.25, -0.2) is 0 Å². The summed E-state index contributed by atoms with van der Waals surface area (Å²) in [5.74, 6) is 1.86. The van der Waals surface area contributed by atoms with Gasteiger partial charge in [-0.2, -0.15) is 0 Å². The first-order valence-corrected chi connectivity index (χ1v) is 9.20. The second-order valence-corrected chi connectivity index (χ2v) is 6.15. The van der Waals surface area contributed by atoms with E-state index in [9.17, 15) is 0 Å². The Morgan fingerprint density at radius 3 is 2.64 bits per heavy atom. The summed E-state index contributed by atoms with van der Waals surface area (Å²) < 4.78 is 5.40. The smallest absolute Gasteiger partial charge is 0.191 e. The van der Waals surface area contributed by atoms with Gasteiger partial charge in [0.1, 0.15) is 5.75 Å². The van der Waals surface area contributed by atoms with E-state index in [0.29, 0.717) is 0 Å². The minimum atomic E-state index is 0. The fourth-order valence-corrected chi connectivity index (χ4v) is 3.05. The van der Waals surface area contributed by atoms with Gasteiger partial charge in [0.25, 0.3) is 0 Å². The van der Waals surface area contributed by atoms with Crippen LogP contribution in [0.5, 0.6) is 5.75 Å². The Hall–Kier alpha value is -1.02. The van der Waals surface area contributed by atoms with Crippen LogP contribution in [0.4, 0.5) is 0 Å². The number of piperidine rings is 1. The molecular weight excluding hydrogens is 427 g/mol. The SMILES string of the molecule is CCNC(=NCCN1CCCCC1)NCCc1ccccc1OC.I. The highest BCUT2D eigenvalue weighted by atomic mass is 127. The highest BCUT2D eigenvalue weighted by Crippen LogP contribution is 2.17. The Morgan fingerprint density at radius 2 is 1.92 bits per heavy atom. The van der Waals surface area contributed by atoms with Crippen molar-refractivity contribution < 1.29 is 4.74 Å². The molecule has 0 aliphatic carbocycles. The summed E-state index contributed by atoms with van der Waals surface area (Å²) in [7, 11) is 1.72. The summed E-state index contributed by atoms with van der Waals surface area (Å²) >= 11 is 0. The number of aliphatic imine (C=N–C) groups is 1. The molecule has 2 rings (SSSR count). The average Bonchev–Trinajstić information content (AvgIpc) is 2.63.